The van der Waals surface area contributed by atoms with Crippen molar-refractivity contribution in [1.29, 1.82) is 0 Å². The van der Waals surface area contributed by atoms with Gasteiger partial charge in [-0.05, 0) is 13.3 Å². The fourth-order valence-electron chi connectivity index (χ4n) is 1.05. The van der Waals surface area contributed by atoms with Gasteiger partial charge in [0.25, 0.3) is 0 Å². The second-order valence-electron chi connectivity index (χ2n) is 3.61. The molecule has 0 heterocycles. The summed E-state index contributed by atoms with van der Waals surface area (Å²) < 4.78 is 32.0. The van der Waals surface area contributed by atoms with Crippen LogP contribution in [-0.2, 0) is 14.6 Å². The van der Waals surface area contributed by atoms with E-state index in [1.807, 2.05) is 25.1 Å². The second kappa shape index (κ2) is 9.15. The predicted molar refractivity (Wildman–Crippen MR) is 68.2 cm³/mol. The Morgan fingerprint density at radius 1 is 1.18 bits per heavy atom. The van der Waals surface area contributed by atoms with Crippen molar-refractivity contribution in [3.8, 4) is 0 Å². The molecule has 17 heavy (non-hydrogen) atoms. The Balaban J connectivity index is 0.000000318. The normalized spacial score (nSPS) is 10.5. The first-order valence-electron chi connectivity index (χ1n) is 5.59. The molecule has 0 unspecified atom stereocenters. The minimum atomic E-state index is -4.20. The van der Waals surface area contributed by atoms with Crippen molar-refractivity contribution >= 4 is 10.4 Å². The number of aryl methyl sites for hydroxylation is 1. The van der Waals surface area contributed by atoms with Crippen LogP contribution in [0.5, 0.6) is 0 Å². The molecule has 4 nitrogen and oxygen atoms in total. The predicted octanol–water partition coefficient (Wildman–Crippen LogP) is 2.99. The molecule has 1 aromatic carbocycles. The first kappa shape index (κ1) is 16.1. The highest BCUT2D eigenvalue weighted by Gasteiger charge is 2.01. The lowest BCUT2D eigenvalue weighted by atomic mass is 10.2. The summed E-state index contributed by atoms with van der Waals surface area (Å²) in [5, 5.41) is 0. The Hall–Kier alpha value is -0.910. The molecule has 98 valence electrons. The van der Waals surface area contributed by atoms with E-state index >= 15 is 0 Å². The molecule has 0 amide bonds. The Kier molecular flexibility index (Phi) is 8.66. The molecule has 0 bridgehead atoms. The van der Waals surface area contributed by atoms with Gasteiger partial charge < -0.3 is 0 Å². The summed E-state index contributed by atoms with van der Waals surface area (Å²) in [6.07, 6.45) is 2.57. The van der Waals surface area contributed by atoms with Crippen molar-refractivity contribution in [1.82, 2.24) is 0 Å². The highest BCUT2D eigenvalue weighted by atomic mass is 32.3. The summed E-state index contributed by atoms with van der Waals surface area (Å²) >= 11 is 0. The maximum Gasteiger partial charge on any atom is 0.397 e. The van der Waals surface area contributed by atoms with Crippen LogP contribution in [0.1, 0.15) is 31.7 Å². The monoisotopic (exact) mass is 260 g/mol. The SMILES string of the molecule is CCCCCOS(=O)(=O)O.Cc1ccccc1. The van der Waals surface area contributed by atoms with Gasteiger partial charge >= 0.3 is 10.4 Å². The molecule has 1 N–H and O–H groups in total. The van der Waals surface area contributed by atoms with Gasteiger partial charge in [-0.2, -0.15) is 8.42 Å². The van der Waals surface area contributed by atoms with Crippen LogP contribution >= 0.6 is 0 Å². The molecule has 0 spiro atoms. The first-order valence-corrected chi connectivity index (χ1v) is 6.95. The summed E-state index contributed by atoms with van der Waals surface area (Å²) in [5.41, 5.74) is 1.32. The Bertz CT molecular complexity index is 373. The van der Waals surface area contributed by atoms with Crippen LogP contribution in [0.2, 0.25) is 0 Å². The summed E-state index contributed by atoms with van der Waals surface area (Å²) in [6, 6.07) is 10.3. The van der Waals surface area contributed by atoms with Crippen molar-refractivity contribution < 1.29 is 17.2 Å². The number of hydrogen-bond acceptors (Lipinski definition) is 3. The minimum Gasteiger partial charge on any atom is -0.264 e. The molecule has 0 aliphatic heterocycles. The molecule has 0 atom stereocenters. The lowest BCUT2D eigenvalue weighted by molar-refractivity contribution is 0.262. The molecule has 0 aromatic heterocycles. The maximum absolute atomic E-state index is 9.93. The summed E-state index contributed by atoms with van der Waals surface area (Å²) in [4.78, 5) is 0. The molecule has 1 aromatic rings. The van der Waals surface area contributed by atoms with Gasteiger partial charge in [-0.3, -0.25) is 4.55 Å². The van der Waals surface area contributed by atoms with Crippen LogP contribution in [0.15, 0.2) is 30.3 Å². The van der Waals surface area contributed by atoms with Crippen LogP contribution in [0, 0.1) is 6.92 Å². The van der Waals surface area contributed by atoms with Crippen molar-refractivity contribution in [2.75, 3.05) is 6.61 Å². The van der Waals surface area contributed by atoms with Gasteiger partial charge in [0, 0.05) is 0 Å². The molecule has 0 radical (unpaired) electrons. The van der Waals surface area contributed by atoms with Gasteiger partial charge in [0.05, 0.1) is 6.61 Å². The van der Waals surface area contributed by atoms with Crippen molar-refractivity contribution in [2.24, 2.45) is 0 Å². The number of hydrogen-bond donors (Lipinski definition) is 1. The zero-order chi connectivity index (χ0) is 13.1. The highest BCUT2D eigenvalue weighted by molar-refractivity contribution is 7.80. The van der Waals surface area contributed by atoms with Crippen LogP contribution in [0.4, 0.5) is 0 Å². The topological polar surface area (TPSA) is 63.6 Å². The fraction of sp³-hybridized carbons (Fsp3) is 0.500. The fourth-order valence-corrected chi connectivity index (χ4v) is 1.38. The molecule has 0 saturated carbocycles. The quantitative estimate of drug-likeness (QED) is 0.653. The molecule has 0 aliphatic rings. The average Bonchev–Trinajstić information content (AvgIpc) is 2.25. The van der Waals surface area contributed by atoms with Gasteiger partial charge in [-0.15, -0.1) is 0 Å². The van der Waals surface area contributed by atoms with Crippen molar-refractivity contribution in [3.63, 3.8) is 0 Å². The first-order chi connectivity index (χ1) is 7.95. The van der Waals surface area contributed by atoms with E-state index in [0.29, 0.717) is 6.42 Å². The molecule has 0 aliphatic carbocycles. The van der Waals surface area contributed by atoms with Crippen LogP contribution in [0.25, 0.3) is 0 Å². The van der Waals surface area contributed by atoms with E-state index in [-0.39, 0.29) is 6.61 Å². The van der Waals surface area contributed by atoms with Crippen LogP contribution in [-0.4, -0.2) is 19.6 Å². The van der Waals surface area contributed by atoms with Crippen molar-refractivity contribution in [3.05, 3.63) is 35.9 Å². The van der Waals surface area contributed by atoms with Gasteiger partial charge in [0.2, 0.25) is 0 Å². The lowest BCUT2D eigenvalue weighted by Crippen LogP contribution is -2.04. The van der Waals surface area contributed by atoms with Gasteiger partial charge in [-0.25, -0.2) is 4.18 Å². The zero-order valence-electron chi connectivity index (χ0n) is 10.3. The standard InChI is InChI=1S/C7H8.C5H12O4S/c1-7-5-3-2-4-6-7;1-2-3-4-5-9-10(6,7)8/h2-6H,1H3;2-5H2,1H3,(H,6,7,8). The van der Waals surface area contributed by atoms with E-state index in [0.717, 1.165) is 12.8 Å². The lowest BCUT2D eigenvalue weighted by Gasteiger charge is -1.96. The molecular weight excluding hydrogens is 240 g/mol. The highest BCUT2D eigenvalue weighted by Crippen LogP contribution is 1.96. The van der Waals surface area contributed by atoms with Gasteiger partial charge in [-0.1, -0.05) is 55.7 Å². The van der Waals surface area contributed by atoms with E-state index < -0.39 is 10.4 Å². The molecule has 0 fully saturated rings. The maximum atomic E-state index is 9.93. The molecule has 1 rings (SSSR count). The number of rotatable bonds is 5. The second-order valence-corrected chi connectivity index (χ2v) is 4.70. The molecule has 0 saturated heterocycles. The zero-order valence-corrected chi connectivity index (χ0v) is 11.1. The number of benzene rings is 1. The smallest absolute Gasteiger partial charge is 0.264 e. The third kappa shape index (κ3) is 13.0. The van der Waals surface area contributed by atoms with E-state index in [1.54, 1.807) is 0 Å². The van der Waals surface area contributed by atoms with E-state index in [4.69, 9.17) is 4.55 Å². The van der Waals surface area contributed by atoms with Gasteiger partial charge in [0.1, 0.15) is 0 Å². The van der Waals surface area contributed by atoms with E-state index in [9.17, 15) is 8.42 Å². The summed E-state index contributed by atoms with van der Waals surface area (Å²) in [6.45, 7) is 4.15. The van der Waals surface area contributed by atoms with Gasteiger partial charge in [0.15, 0.2) is 0 Å². The molecule has 5 heteroatoms. The number of unbranched alkanes of at least 4 members (excludes halogenated alkanes) is 2. The third-order valence-corrected chi connectivity index (χ3v) is 2.39. The largest absolute Gasteiger partial charge is 0.397 e. The average molecular weight is 260 g/mol. The van der Waals surface area contributed by atoms with E-state index in [1.165, 1.54) is 5.56 Å². The third-order valence-electron chi connectivity index (χ3n) is 1.92. The summed E-state index contributed by atoms with van der Waals surface area (Å²) in [7, 11) is -4.20. The van der Waals surface area contributed by atoms with E-state index in [2.05, 4.69) is 23.2 Å². The Morgan fingerprint density at radius 2 is 1.76 bits per heavy atom. The van der Waals surface area contributed by atoms with Crippen LogP contribution < -0.4 is 0 Å². The van der Waals surface area contributed by atoms with Crippen molar-refractivity contribution in [2.45, 2.75) is 33.1 Å². The summed E-state index contributed by atoms with van der Waals surface area (Å²) in [5.74, 6) is 0. The minimum absolute atomic E-state index is 0.0761. The Morgan fingerprint density at radius 3 is 2.12 bits per heavy atom. The van der Waals surface area contributed by atoms with Crippen LogP contribution in [0.3, 0.4) is 0 Å². The Labute approximate surface area is 104 Å². The molecular formula is C12H20O4S.